The molecular weight excluding hydrogens is 385 g/mol. The number of anilines is 1. The summed E-state index contributed by atoms with van der Waals surface area (Å²) in [6.07, 6.45) is 1.92. The molecule has 2 aliphatic rings. The zero-order valence-electron chi connectivity index (χ0n) is 16.9. The van der Waals surface area contributed by atoms with E-state index in [1.54, 1.807) is 42.5 Å². The van der Waals surface area contributed by atoms with Gasteiger partial charge in [0.15, 0.2) is 0 Å². The van der Waals surface area contributed by atoms with Gasteiger partial charge in [0.25, 0.3) is 11.8 Å². The minimum atomic E-state index is -1.43. The van der Waals surface area contributed by atoms with Crippen molar-refractivity contribution in [2.75, 3.05) is 11.4 Å². The maximum atomic E-state index is 14.0. The molecule has 7 heteroatoms. The summed E-state index contributed by atoms with van der Waals surface area (Å²) < 4.78 is 14.0. The molecule has 1 fully saturated rings. The van der Waals surface area contributed by atoms with Gasteiger partial charge in [0.1, 0.15) is 5.82 Å². The number of para-hydroxylation sites is 1. The summed E-state index contributed by atoms with van der Waals surface area (Å²) >= 11 is 0. The fourth-order valence-corrected chi connectivity index (χ4v) is 4.36. The SMILES string of the molecule is CCCCN1C(=O)c2ccccc2N2C(=O)CCC12C(=O)NCc1ccccc1F. The first-order valence-electron chi connectivity index (χ1n) is 10.3. The molecule has 0 aromatic heterocycles. The molecular formula is C23H24FN3O3. The number of nitrogens with zero attached hydrogens (tertiary/aromatic N) is 2. The number of carbonyl (C=O) groups excluding carboxylic acids is 3. The van der Waals surface area contributed by atoms with Crippen LogP contribution in [0.4, 0.5) is 10.1 Å². The Labute approximate surface area is 174 Å². The molecule has 3 amide bonds. The van der Waals surface area contributed by atoms with Crippen molar-refractivity contribution in [2.24, 2.45) is 0 Å². The molecule has 6 nitrogen and oxygen atoms in total. The van der Waals surface area contributed by atoms with Crippen molar-refractivity contribution in [1.82, 2.24) is 10.2 Å². The first kappa shape index (κ1) is 20.1. The van der Waals surface area contributed by atoms with Crippen molar-refractivity contribution in [3.63, 3.8) is 0 Å². The van der Waals surface area contributed by atoms with Crippen LogP contribution in [0.25, 0.3) is 0 Å². The van der Waals surface area contributed by atoms with E-state index in [2.05, 4.69) is 5.32 Å². The van der Waals surface area contributed by atoms with Crippen molar-refractivity contribution >= 4 is 23.4 Å². The second-order valence-electron chi connectivity index (χ2n) is 7.65. The van der Waals surface area contributed by atoms with Gasteiger partial charge in [-0.25, -0.2) is 4.39 Å². The number of benzene rings is 2. The largest absolute Gasteiger partial charge is 0.348 e. The number of hydrogen-bond donors (Lipinski definition) is 1. The number of hydrogen-bond acceptors (Lipinski definition) is 3. The third-order valence-electron chi connectivity index (χ3n) is 5.87. The lowest BCUT2D eigenvalue weighted by Crippen LogP contribution is -2.70. The van der Waals surface area contributed by atoms with Crippen LogP contribution >= 0.6 is 0 Å². The van der Waals surface area contributed by atoms with Crippen LogP contribution in [-0.4, -0.2) is 34.8 Å². The summed E-state index contributed by atoms with van der Waals surface area (Å²) in [4.78, 5) is 42.8. The number of rotatable bonds is 6. The molecule has 0 bridgehead atoms. The number of carbonyl (C=O) groups is 3. The van der Waals surface area contributed by atoms with Gasteiger partial charge >= 0.3 is 0 Å². The average molecular weight is 409 g/mol. The summed E-state index contributed by atoms with van der Waals surface area (Å²) in [5.41, 5.74) is -0.205. The van der Waals surface area contributed by atoms with E-state index in [-0.39, 0.29) is 31.2 Å². The lowest BCUT2D eigenvalue weighted by atomic mass is 9.95. The molecule has 0 saturated carbocycles. The molecule has 30 heavy (non-hydrogen) atoms. The summed E-state index contributed by atoms with van der Waals surface area (Å²) in [6.45, 7) is 2.35. The van der Waals surface area contributed by atoms with Crippen molar-refractivity contribution in [2.45, 2.75) is 44.8 Å². The van der Waals surface area contributed by atoms with E-state index in [4.69, 9.17) is 0 Å². The molecule has 1 N–H and O–H groups in total. The summed E-state index contributed by atoms with van der Waals surface area (Å²) in [6, 6.07) is 13.1. The molecule has 1 unspecified atom stereocenters. The maximum absolute atomic E-state index is 14.0. The first-order chi connectivity index (χ1) is 14.5. The van der Waals surface area contributed by atoms with E-state index >= 15 is 0 Å². The fraction of sp³-hybridized carbons (Fsp3) is 0.348. The molecule has 0 spiro atoms. The molecule has 2 aliphatic heterocycles. The predicted molar refractivity (Wildman–Crippen MR) is 110 cm³/mol. The first-order valence-corrected chi connectivity index (χ1v) is 10.3. The molecule has 0 aliphatic carbocycles. The predicted octanol–water partition coefficient (Wildman–Crippen LogP) is 3.22. The second-order valence-corrected chi connectivity index (χ2v) is 7.65. The van der Waals surface area contributed by atoms with Gasteiger partial charge in [0, 0.05) is 31.5 Å². The Hall–Kier alpha value is -3.22. The standard InChI is InChI=1S/C23H24FN3O3/c1-2-3-14-26-21(29)17-9-5-7-11-19(17)27-20(28)12-13-23(26,27)22(30)25-15-16-8-4-6-10-18(16)24/h4-11H,2-3,12-15H2,1H3,(H,25,30). The number of fused-ring (bicyclic) bond motifs is 3. The molecule has 156 valence electrons. The van der Waals surface area contributed by atoms with E-state index in [1.165, 1.54) is 15.9 Å². The Morgan fingerprint density at radius 2 is 1.87 bits per heavy atom. The van der Waals surface area contributed by atoms with Crippen molar-refractivity contribution < 1.29 is 18.8 Å². The molecule has 2 heterocycles. The summed E-state index contributed by atoms with van der Waals surface area (Å²) in [5.74, 6) is -1.33. The Morgan fingerprint density at radius 3 is 2.63 bits per heavy atom. The minimum Gasteiger partial charge on any atom is -0.348 e. The smallest absolute Gasteiger partial charge is 0.267 e. The highest BCUT2D eigenvalue weighted by Gasteiger charge is 2.60. The molecule has 0 radical (unpaired) electrons. The molecule has 2 aromatic carbocycles. The van der Waals surface area contributed by atoms with E-state index in [1.807, 2.05) is 6.92 Å². The third-order valence-corrected chi connectivity index (χ3v) is 5.87. The maximum Gasteiger partial charge on any atom is 0.267 e. The Morgan fingerprint density at radius 1 is 1.13 bits per heavy atom. The Balaban J connectivity index is 1.74. The van der Waals surface area contributed by atoms with Gasteiger partial charge in [0.2, 0.25) is 11.6 Å². The zero-order chi connectivity index (χ0) is 21.3. The van der Waals surface area contributed by atoms with E-state index in [9.17, 15) is 18.8 Å². The highest BCUT2D eigenvalue weighted by molar-refractivity contribution is 6.16. The molecule has 2 aromatic rings. The van der Waals surface area contributed by atoms with Gasteiger partial charge in [-0.2, -0.15) is 0 Å². The van der Waals surface area contributed by atoms with Crippen molar-refractivity contribution in [3.05, 3.63) is 65.5 Å². The van der Waals surface area contributed by atoms with Gasteiger partial charge in [-0.1, -0.05) is 43.7 Å². The lowest BCUT2D eigenvalue weighted by molar-refractivity contribution is -0.133. The quantitative estimate of drug-likeness (QED) is 0.797. The fourth-order valence-electron chi connectivity index (χ4n) is 4.36. The Bertz CT molecular complexity index is 1010. The summed E-state index contributed by atoms with van der Waals surface area (Å²) in [7, 11) is 0. The van der Waals surface area contributed by atoms with Gasteiger partial charge < -0.3 is 10.2 Å². The van der Waals surface area contributed by atoms with Gasteiger partial charge in [-0.05, 0) is 24.6 Å². The van der Waals surface area contributed by atoms with Crippen LogP contribution in [0.1, 0.15) is 48.5 Å². The lowest BCUT2D eigenvalue weighted by Gasteiger charge is -2.49. The second kappa shape index (κ2) is 7.89. The van der Waals surface area contributed by atoms with E-state index in [0.29, 0.717) is 29.8 Å². The van der Waals surface area contributed by atoms with Gasteiger partial charge in [-0.3, -0.25) is 19.3 Å². The average Bonchev–Trinajstić information content (AvgIpc) is 3.11. The van der Waals surface area contributed by atoms with Crippen molar-refractivity contribution in [1.29, 1.82) is 0 Å². The van der Waals surface area contributed by atoms with Gasteiger partial charge in [0.05, 0.1) is 11.3 Å². The topological polar surface area (TPSA) is 69.7 Å². The number of halogens is 1. The highest BCUT2D eigenvalue weighted by atomic mass is 19.1. The third kappa shape index (κ3) is 3.05. The van der Waals surface area contributed by atoms with Gasteiger partial charge in [-0.15, -0.1) is 0 Å². The van der Waals surface area contributed by atoms with Crippen LogP contribution in [0.2, 0.25) is 0 Å². The number of amides is 3. The molecule has 1 atom stereocenters. The van der Waals surface area contributed by atoms with Crippen molar-refractivity contribution in [3.8, 4) is 0 Å². The zero-order valence-corrected chi connectivity index (χ0v) is 16.9. The minimum absolute atomic E-state index is 0.0211. The van der Waals surface area contributed by atoms with Crippen LogP contribution in [0.15, 0.2) is 48.5 Å². The normalized spacial score (nSPS) is 20.2. The van der Waals surface area contributed by atoms with Crippen LogP contribution in [0.3, 0.4) is 0 Å². The van der Waals surface area contributed by atoms with E-state index < -0.39 is 17.4 Å². The monoisotopic (exact) mass is 409 g/mol. The Kier molecular flexibility index (Phi) is 5.28. The van der Waals surface area contributed by atoms with Crippen LogP contribution < -0.4 is 10.2 Å². The molecule has 4 rings (SSSR count). The number of unbranched alkanes of at least 4 members (excludes halogenated alkanes) is 1. The molecule has 1 saturated heterocycles. The van der Waals surface area contributed by atoms with Crippen LogP contribution in [-0.2, 0) is 16.1 Å². The van der Waals surface area contributed by atoms with Crippen LogP contribution in [0.5, 0.6) is 0 Å². The highest BCUT2D eigenvalue weighted by Crippen LogP contribution is 2.44. The van der Waals surface area contributed by atoms with Crippen LogP contribution in [0, 0.1) is 5.82 Å². The number of nitrogens with one attached hydrogen (secondary N) is 1. The van der Waals surface area contributed by atoms with E-state index in [0.717, 1.165) is 6.42 Å². The summed E-state index contributed by atoms with van der Waals surface area (Å²) in [5, 5.41) is 2.78.